The van der Waals surface area contributed by atoms with E-state index >= 15 is 0 Å². The van der Waals surface area contributed by atoms with Crippen molar-refractivity contribution in [1.82, 2.24) is 19.1 Å². The zero-order valence-corrected chi connectivity index (χ0v) is 20.9. The molecule has 0 fully saturated rings. The quantitative estimate of drug-likeness (QED) is 0.255. The molecular formula is C31H28N4O3. The van der Waals surface area contributed by atoms with Gasteiger partial charge in [-0.05, 0) is 16.7 Å². The zero-order chi connectivity index (χ0) is 26.4. The predicted octanol–water partition coefficient (Wildman–Crippen LogP) is 4.76. The summed E-state index contributed by atoms with van der Waals surface area (Å²) in [5.41, 5.74) is 3.62. The second-order valence-electron chi connectivity index (χ2n) is 9.02. The Bertz CT molecular complexity index is 1410. The van der Waals surface area contributed by atoms with Gasteiger partial charge in [-0.3, -0.25) is 9.59 Å². The second kappa shape index (κ2) is 11.2. The minimum absolute atomic E-state index is 0.0615. The topological polar surface area (TPSA) is 90.0 Å². The third-order valence-corrected chi connectivity index (χ3v) is 6.75. The van der Waals surface area contributed by atoms with E-state index in [0.29, 0.717) is 12.1 Å². The van der Waals surface area contributed by atoms with E-state index in [4.69, 9.17) is 5.11 Å². The summed E-state index contributed by atoms with van der Waals surface area (Å²) in [6.45, 7) is 0.626. The monoisotopic (exact) mass is 504 g/mol. The molecule has 0 radical (unpaired) electrons. The van der Waals surface area contributed by atoms with Crippen LogP contribution in [0.25, 0.3) is 0 Å². The van der Waals surface area contributed by atoms with Crippen molar-refractivity contribution in [2.45, 2.75) is 24.9 Å². The van der Waals surface area contributed by atoms with E-state index in [1.165, 1.54) is 0 Å². The first-order valence-electron chi connectivity index (χ1n) is 12.5. The Morgan fingerprint density at radius 3 is 1.89 bits per heavy atom. The van der Waals surface area contributed by atoms with E-state index in [1.807, 2.05) is 63.7 Å². The summed E-state index contributed by atoms with van der Waals surface area (Å²) >= 11 is 0. The fraction of sp³-hybridized carbons (Fsp3) is 0.161. The average Bonchev–Trinajstić information content (AvgIpc) is 3.72. The molecule has 6 rings (SSSR count). The number of benzene rings is 3. The van der Waals surface area contributed by atoms with Crippen LogP contribution in [0.1, 0.15) is 50.5 Å². The summed E-state index contributed by atoms with van der Waals surface area (Å²) < 4.78 is 3.87. The van der Waals surface area contributed by atoms with Gasteiger partial charge in [-0.1, -0.05) is 91.0 Å². The normalized spacial score (nSPS) is 12.5. The van der Waals surface area contributed by atoms with Gasteiger partial charge < -0.3 is 14.2 Å². The number of aliphatic hydroxyl groups is 1. The fourth-order valence-electron chi connectivity index (χ4n) is 4.95. The smallest absolute Gasteiger partial charge is 0.185 e. The summed E-state index contributed by atoms with van der Waals surface area (Å²) in [6, 6.07) is 30.6. The van der Waals surface area contributed by atoms with Crippen molar-refractivity contribution >= 4 is 11.6 Å². The molecule has 0 spiro atoms. The van der Waals surface area contributed by atoms with Gasteiger partial charge in [0.25, 0.3) is 0 Å². The highest BCUT2D eigenvalue weighted by Crippen LogP contribution is 2.40. The van der Waals surface area contributed by atoms with Crippen molar-refractivity contribution in [2.24, 2.45) is 0 Å². The Kier molecular flexibility index (Phi) is 7.38. The summed E-state index contributed by atoms with van der Waals surface area (Å²) in [5.74, 6) is 0.0434. The van der Waals surface area contributed by atoms with E-state index < -0.39 is 5.54 Å². The highest BCUT2D eigenvalue weighted by Gasteiger charge is 2.38. The van der Waals surface area contributed by atoms with Crippen molar-refractivity contribution in [3.63, 3.8) is 0 Å². The number of aromatic nitrogens is 4. The Balaban J connectivity index is 0.000000273. The van der Waals surface area contributed by atoms with Crippen LogP contribution in [-0.2, 0) is 12.1 Å². The Hall–Kier alpha value is -4.62. The highest BCUT2D eigenvalue weighted by atomic mass is 16.3. The van der Waals surface area contributed by atoms with Crippen LogP contribution in [-0.4, -0.2) is 42.4 Å². The summed E-state index contributed by atoms with van der Waals surface area (Å²) in [4.78, 5) is 31.4. The van der Waals surface area contributed by atoms with Gasteiger partial charge in [0.05, 0.1) is 25.5 Å². The molecule has 0 unspecified atom stereocenters. The number of ketones is 2. The SMILES string of the molecule is O=C(CCO)c1cn(C(c2ccccc2)(c2ccccc2)c2ccccc2)cn1.O=C1CCn2cncc21. The van der Waals surface area contributed by atoms with E-state index in [0.717, 1.165) is 28.9 Å². The van der Waals surface area contributed by atoms with Gasteiger partial charge in [0.15, 0.2) is 11.6 Å². The number of nitrogens with zero attached hydrogens (tertiary/aromatic N) is 4. The zero-order valence-electron chi connectivity index (χ0n) is 20.9. The summed E-state index contributed by atoms with van der Waals surface area (Å²) in [6.07, 6.45) is 7.52. The van der Waals surface area contributed by atoms with Crippen LogP contribution in [0.4, 0.5) is 0 Å². The first-order chi connectivity index (χ1) is 18.6. The lowest BCUT2D eigenvalue weighted by molar-refractivity contribution is 0.0950. The third-order valence-electron chi connectivity index (χ3n) is 6.75. The van der Waals surface area contributed by atoms with Crippen LogP contribution in [0, 0.1) is 0 Å². The Labute approximate surface area is 221 Å². The van der Waals surface area contributed by atoms with E-state index in [2.05, 4.69) is 46.4 Å². The molecule has 190 valence electrons. The molecule has 2 aromatic heterocycles. The van der Waals surface area contributed by atoms with Crippen LogP contribution in [0.3, 0.4) is 0 Å². The predicted molar refractivity (Wildman–Crippen MR) is 144 cm³/mol. The molecule has 3 heterocycles. The van der Waals surface area contributed by atoms with Crippen molar-refractivity contribution in [2.75, 3.05) is 6.61 Å². The van der Waals surface area contributed by atoms with Crippen LogP contribution < -0.4 is 0 Å². The van der Waals surface area contributed by atoms with Crippen molar-refractivity contribution in [3.8, 4) is 0 Å². The number of fused-ring (bicyclic) bond motifs is 1. The van der Waals surface area contributed by atoms with Crippen LogP contribution in [0.2, 0.25) is 0 Å². The molecule has 0 saturated heterocycles. The molecule has 1 aliphatic heterocycles. The van der Waals surface area contributed by atoms with Gasteiger partial charge in [-0.25, -0.2) is 9.97 Å². The lowest BCUT2D eigenvalue weighted by Crippen LogP contribution is -2.37. The number of carbonyl (C=O) groups excluding carboxylic acids is 2. The molecule has 0 aliphatic carbocycles. The lowest BCUT2D eigenvalue weighted by atomic mass is 9.77. The Morgan fingerprint density at radius 2 is 1.39 bits per heavy atom. The molecule has 7 heteroatoms. The molecule has 1 N–H and O–H groups in total. The van der Waals surface area contributed by atoms with Gasteiger partial charge in [-0.2, -0.15) is 0 Å². The van der Waals surface area contributed by atoms with Crippen LogP contribution in [0.15, 0.2) is 116 Å². The van der Waals surface area contributed by atoms with Gasteiger partial charge in [-0.15, -0.1) is 0 Å². The van der Waals surface area contributed by atoms with Gasteiger partial charge in [0.1, 0.15) is 16.9 Å². The molecular weight excluding hydrogens is 476 g/mol. The highest BCUT2D eigenvalue weighted by molar-refractivity contribution is 5.96. The van der Waals surface area contributed by atoms with Crippen molar-refractivity contribution in [1.29, 1.82) is 0 Å². The second-order valence-corrected chi connectivity index (χ2v) is 9.02. The maximum absolute atomic E-state index is 12.4. The molecule has 0 bridgehead atoms. The number of hydrogen-bond acceptors (Lipinski definition) is 5. The fourth-order valence-corrected chi connectivity index (χ4v) is 4.95. The molecule has 0 atom stereocenters. The van der Waals surface area contributed by atoms with E-state index in [9.17, 15) is 9.59 Å². The van der Waals surface area contributed by atoms with Crippen LogP contribution in [0.5, 0.6) is 0 Å². The largest absolute Gasteiger partial charge is 0.396 e. The van der Waals surface area contributed by atoms with Gasteiger partial charge >= 0.3 is 0 Å². The number of Topliss-reactive ketones (excluding diaryl/α,β-unsaturated/α-hetero) is 2. The first-order valence-corrected chi connectivity index (χ1v) is 12.5. The summed E-state index contributed by atoms with van der Waals surface area (Å²) in [5, 5.41) is 9.14. The number of hydrogen-bond donors (Lipinski definition) is 1. The number of rotatable bonds is 7. The third kappa shape index (κ3) is 4.71. The lowest BCUT2D eigenvalue weighted by Gasteiger charge is -2.37. The van der Waals surface area contributed by atoms with Crippen molar-refractivity contribution < 1.29 is 14.7 Å². The van der Waals surface area contributed by atoms with E-state index in [1.54, 1.807) is 25.0 Å². The first kappa shape index (κ1) is 25.0. The minimum atomic E-state index is -0.686. The van der Waals surface area contributed by atoms with Crippen molar-refractivity contribution in [3.05, 3.63) is 144 Å². The molecule has 0 amide bonds. The average molecular weight is 505 g/mol. The molecule has 38 heavy (non-hydrogen) atoms. The summed E-state index contributed by atoms with van der Waals surface area (Å²) in [7, 11) is 0. The Morgan fingerprint density at radius 1 is 0.842 bits per heavy atom. The standard InChI is InChI=1S/C25H22N2O2.C6H6N2O/c28-17-16-24(29)23-18-27(19-26-23)25(20-10-4-1-5-11-20,21-12-6-2-7-13-21)22-14-8-3-9-15-22;9-6-1-2-8-4-7-3-5(6)8/h1-15,18-19,28H,16-17H2;3-4H,1-2H2. The number of carbonyl (C=O) groups is 2. The van der Waals surface area contributed by atoms with Gasteiger partial charge in [0, 0.05) is 25.6 Å². The van der Waals surface area contributed by atoms with Gasteiger partial charge in [0.2, 0.25) is 0 Å². The molecule has 3 aromatic carbocycles. The number of aliphatic hydroxyl groups excluding tert-OH is 1. The molecule has 7 nitrogen and oxygen atoms in total. The minimum Gasteiger partial charge on any atom is -0.396 e. The van der Waals surface area contributed by atoms with Crippen LogP contribution >= 0.6 is 0 Å². The molecule has 5 aromatic rings. The molecule has 0 saturated carbocycles. The number of aryl methyl sites for hydroxylation is 1. The maximum Gasteiger partial charge on any atom is 0.185 e. The number of imidazole rings is 2. The van der Waals surface area contributed by atoms with E-state index in [-0.39, 0.29) is 24.6 Å². The maximum atomic E-state index is 12.4. The molecule has 1 aliphatic rings.